The number of hydrogen-bond acceptors (Lipinski definition) is 5. The Balaban J connectivity index is 0.000000361. The van der Waals surface area contributed by atoms with E-state index in [1.807, 2.05) is 0 Å². The SMILES string of the molecule is CC(C)(C)OC(=O)N[C@@H](Cc1ccc(Cl)cc1)C(=O)O.N[C@@H](Cc1ccc(Cl)cc1)C(=O)O. The van der Waals surface area contributed by atoms with E-state index in [1.165, 1.54) is 0 Å². The minimum absolute atomic E-state index is 0.158. The Morgan fingerprint density at radius 2 is 1.30 bits per heavy atom. The number of nitrogens with one attached hydrogen (secondary N) is 1. The first-order valence-corrected chi connectivity index (χ1v) is 10.7. The van der Waals surface area contributed by atoms with E-state index < -0.39 is 35.7 Å². The first-order chi connectivity index (χ1) is 15.3. The van der Waals surface area contributed by atoms with Gasteiger partial charge in [0.15, 0.2) is 0 Å². The first-order valence-electron chi connectivity index (χ1n) is 9.96. The summed E-state index contributed by atoms with van der Waals surface area (Å²) in [6, 6.07) is 11.8. The van der Waals surface area contributed by atoms with E-state index in [-0.39, 0.29) is 6.42 Å². The average molecular weight is 499 g/mol. The molecule has 0 aliphatic carbocycles. The van der Waals surface area contributed by atoms with E-state index in [9.17, 15) is 14.4 Å². The summed E-state index contributed by atoms with van der Waals surface area (Å²) in [6.45, 7) is 5.13. The molecule has 0 fully saturated rings. The van der Waals surface area contributed by atoms with Crippen LogP contribution >= 0.6 is 23.2 Å². The van der Waals surface area contributed by atoms with Crippen molar-refractivity contribution in [1.82, 2.24) is 5.32 Å². The monoisotopic (exact) mass is 498 g/mol. The molecule has 0 radical (unpaired) electrons. The summed E-state index contributed by atoms with van der Waals surface area (Å²) in [5, 5.41) is 21.2. The van der Waals surface area contributed by atoms with Crippen molar-refractivity contribution in [2.45, 2.75) is 51.3 Å². The molecular formula is C23H28Cl2N2O6. The number of ether oxygens (including phenoxy) is 1. The molecule has 0 unspecified atom stereocenters. The van der Waals surface area contributed by atoms with Gasteiger partial charge in [-0.05, 0) is 62.6 Å². The molecule has 0 heterocycles. The number of benzene rings is 2. The Morgan fingerprint density at radius 1 is 0.879 bits per heavy atom. The Hall–Kier alpha value is -2.81. The zero-order chi connectivity index (χ0) is 25.2. The molecule has 33 heavy (non-hydrogen) atoms. The maximum Gasteiger partial charge on any atom is 0.408 e. The number of carbonyl (C=O) groups is 3. The van der Waals surface area contributed by atoms with Crippen LogP contribution in [0.2, 0.25) is 10.0 Å². The van der Waals surface area contributed by atoms with Gasteiger partial charge in [0.25, 0.3) is 0 Å². The number of carbonyl (C=O) groups excluding carboxylic acids is 1. The third-order valence-corrected chi connectivity index (χ3v) is 4.53. The quantitative estimate of drug-likeness (QED) is 0.449. The lowest BCUT2D eigenvalue weighted by molar-refractivity contribution is -0.140. The van der Waals surface area contributed by atoms with E-state index in [4.69, 9.17) is 43.9 Å². The normalized spacial score (nSPS) is 12.5. The number of hydrogen-bond donors (Lipinski definition) is 4. The predicted molar refractivity (Wildman–Crippen MR) is 127 cm³/mol. The summed E-state index contributed by atoms with van der Waals surface area (Å²) in [5.41, 5.74) is 6.32. The highest BCUT2D eigenvalue weighted by Crippen LogP contribution is 2.13. The van der Waals surface area contributed by atoms with Crippen molar-refractivity contribution in [3.63, 3.8) is 0 Å². The molecule has 2 aromatic rings. The maximum absolute atomic E-state index is 11.6. The zero-order valence-electron chi connectivity index (χ0n) is 18.5. The van der Waals surface area contributed by atoms with Gasteiger partial charge < -0.3 is 26.0 Å². The van der Waals surface area contributed by atoms with Gasteiger partial charge in [0, 0.05) is 16.5 Å². The molecule has 1 amide bonds. The highest BCUT2D eigenvalue weighted by atomic mass is 35.5. The summed E-state index contributed by atoms with van der Waals surface area (Å²) in [6.07, 6.45) is -0.267. The first kappa shape index (κ1) is 28.2. The number of alkyl carbamates (subject to hydrolysis) is 1. The number of amides is 1. The summed E-state index contributed by atoms with van der Waals surface area (Å²) in [4.78, 5) is 33.2. The van der Waals surface area contributed by atoms with Crippen LogP contribution in [0.4, 0.5) is 4.79 Å². The van der Waals surface area contributed by atoms with Crippen LogP contribution in [-0.2, 0) is 27.2 Å². The molecule has 2 atom stereocenters. The zero-order valence-corrected chi connectivity index (χ0v) is 20.1. The van der Waals surface area contributed by atoms with E-state index in [1.54, 1.807) is 69.3 Å². The number of halogens is 2. The van der Waals surface area contributed by atoms with Gasteiger partial charge in [-0.15, -0.1) is 0 Å². The Morgan fingerprint density at radius 3 is 1.67 bits per heavy atom. The lowest BCUT2D eigenvalue weighted by Crippen LogP contribution is -2.44. The van der Waals surface area contributed by atoms with Crippen LogP contribution in [0.3, 0.4) is 0 Å². The van der Waals surface area contributed by atoms with Crippen molar-refractivity contribution >= 4 is 41.2 Å². The lowest BCUT2D eigenvalue weighted by Gasteiger charge is -2.22. The van der Waals surface area contributed by atoms with Gasteiger partial charge >= 0.3 is 18.0 Å². The number of rotatable bonds is 7. The van der Waals surface area contributed by atoms with Crippen LogP contribution in [-0.4, -0.2) is 45.9 Å². The van der Waals surface area contributed by atoms with Gasteiger partial charge in [0.2, 0.25) is 0 Å². The van der Waals surface area contributed by atoms with Gasteiger partial charge in [-0.1, -0.05) is 47.5 Å². The van der Waals surface area contributed by atoms with E-state index in [2.05, 4.69) is 5.32 Å². The molecule has 0 bridgehead atoms. The Bertz CT molecular complexity index is 927. The van der Waals surface area contributed by atoms with E-state index in [0.29, 0.717) is 16.5 Å². The van der Waals surface area contributed by atoms with Crippen molar-refractivity contribution < 1.29 is 29.3 Å². The topological polar surface area (TPSA) is 139 Å². The van der Waals surface area contributed by atoms with Crippen molar-refractivity contribution in [3.05, 3.63) is 69.7 Å². The summed E-state index contributed by atoms with van der Waals surface area (Å²) < 4.78 is 5.04. The van der Waals surface area contributed by atoms with Crippen molar-refractivity contribution in [1.29, 1.82) is 0 Å². The molecule has 2 aromatic carbocycles. The highest BCUT2D eigenvalue weighted by molar-refractivity contribution is 6.30. The van der Waals surface area contributed by atoms with Crippen LogP contribution in [0.15, 0.2) is 48.5 Å². The van der Waals surface area contributed by atoms with Crippen molar-refractivity contribution in [2.75, 3.05) is 0 Å². The van der Waals surface area contributed by atoms with Crippen LogP contribution in [0.5, 0.6) is 0 Å². The second-order valence-corrected chi connectivity index (χ2v) is 9.02. The molecule has 0 aromatic heterocycles. The molecule has 10 heteroatoms. The highest BCUT2D eigenvalue weighted by Gasteiger charge is 2.24. The van der Waals surface area contributed by atoms with E-state index in [0.717, 1.165) is 11.1 Å². The van der Waals surface area contributed by atoms with Gasteiger partial charge in [0.1, 0.15) is 17.7 Å². The molecule has 180 valence electrons. The standard InChI is InChI=1S/C14H18ClNO4.C9H10ClNO2/c1-14(2,3)20-13(19)16-11(12(17)18)8-9-4-6-10(15)7-5-9;10-7-3-1-6(2-4-7)5-8(11)9(12)13/h4-7,11H,8H2,1-3H3,(H,16,19)(H,17,18);1-4,8H,5,11H2,(H,12,13)/t11-;8-/m00/s1. The molecule has 2 rings (SSSR count). The molecular weight excluding hydrogens is 471 g/mol. The van der Waals surface area contributed by atoms with Crippen LogP contribution < -0.4 is 11.1 Å². The van der Waals surface area contributed by atoms with Crippen LogP contribution in [0.25, 0.3) is 0 Å². The number of aliphatic carboxylic acids is 2. The van der Waals surface area contributed by atoms with Crippen LogP contribution in [0, 0.1) is 0 Å². The summed E-state index contributed by atoms with van der Waals surface area (Å²) >= 11 is 11.4. The largest absolute Gasteiger partial charge is 0.480 e. The molecule has 0 spiro atoms. The second-order valence-electron chi connectivity index (χ2n) is 8.14. The smallest absolute Gasteiger partial charge is 0.408 e. The third-order valence-electron chi connectivity index (χ3n) is 4.03. The van der Waals surface area contributed by atoms with Gasteiger partial charge in [-0.2, -0.15) is 0 Å². The lowest BCUT2D eigenvalue weighted by atomic mass is 10.1. The number of nitrogens with two attached hydrogens (primary N) is 1. The molecule has 5 N–H and O–H groups in total. The molecule has 0 aliphatic heterocycles. The van der Waals surface area contributed by atoms with Gasteiger partial charge in [-0.3, -0.25) is 4.79 Å². The summed E-state index contributed by atoms with van der Waals surface area (Å²) in [5.74, 6) is -2.11. The third kappa shape index (κ3) is 12.1. The molecule has 0 aliphatic rings. The Kier molecular flexibility index (Phi) is 11.1. The Labute approximate surface area is 202 Å². The molecule has 8 nitrogen and oxygen atoms in total. The van der Waals surface area contributed by atoms with Crippen LogP contribution in [0.1, 0.15) is 31.9 Å². The predicted octanol–water partition coefficient (Wildman–Crippen LogP) is 4.15. The molecule has 0 saturated heterocycles. The summed E-state index contributed by atoms with van der Waals surface area (Å²) in [7, 11) is 0. The van der Waals surface area contributed by atoms with Crippen molar-refractivity contribution in [2.24, 2.45) is 5.73 Å². The van der Waals surface area contributed by atoms with Gasteiger partial charge in [-0.25, -0.2) is 9.59 Å². The van der Waals surface area contributed by atoms with Gasteiger partial charge in [0.05, 0.1) is 0 Å². The fraction of sp³-hybridized carbons (Fsp3) is 0.348. The number of carboxylic acid groups (broad SMARTS) is 2. The maximum atomic E-state index is 11.6. The van der Waals surface area contributed by atoms with E-state index >= 15 is 0 Å². The average Bonchev–Trinajstić information content (AvgIpc) is 2.69. The number of carboxylic acids is 2. The minimum Gasteiger partial charge on any atom is -0.480 e. The minimum atomic E-state index is -1.12. The molecule has 0 saturated carbocycles. The van der Waals surface area contributed by atoms with Crippen molar-refractivity contribution in [3.8, 4) is 0 Å². The fourth-order valence-corrected chi connectivity index (χ4v) is 2.72. The second kappa shape index (κ2) is 13.0. The fourth-order valence-electron chi connectivity index (χ4n) is 2.47.